The number of nitrogens with one attached hydrogen (secondary N) is 3. The van der Waals surface area contributed by atoms with Crippen LogP contribution in [-0.2, 0) is 16.6 Å². The first kappa shape index (κ1) is 23.4. The Hall–Kier alpha value is -3.36. The molecule has 0 radical (unpaired) electrons. The molecule has 1 unspecified atom stereocenters. The summed E-state index contributed by atoms with van der Waals surface area (Å²) in [5, 5.41) is 11.9. The predicted molar refractivity (Wildman–Crippen MR) is 141 cm³/mol. The average molecular weight is 490 g/mol. The van der Waals surface area contributed by atoms with Crippen LogP contribution in [-0.4, -0.2) is 42.6 Å². The molecule has 2 heterocycles. The molecule has 8 heteroatoms. The molecule has 1 atom stereocenters. The van der Waals surface area contributed by atoms with Crippen molar-refractivity contribution >= 4 is 32.3 Å². The van der Waals surface area contributed by atoms with E-state index in [1.807, 2.05) is 44.3 Å². The van der Waals surface area contributed by atoms with Crippen LogP contribution in [0.3, 0.4) is 0 Å². The Bertz CT molecular complexity index is 1430. The first-order valence-electron chi connectivity index (χ1n) is 12.0. The summed E-state index contributed by atoms with van der Waals surface area (Å²) in [6.07, 6.45) is 4.08. The smallest absolute Gasteiger partial charge is 0.261 e. The first-order chi connectivity index (χ1) is 16.9. The maximum absolute atomic E-state index is 12.9. The van der Waals surface area contributed by atoms with Gasteiger partial charge in [-0.05, 0) is 80.8 Å². The Labute approximate surface area is 206 Å². The Morgan fingerprint density at radius 2 is 1.89 bits per heavy atom. The molecule has 0 aliphatic carbocycles. The van der Waals surface area contributed by atoms with Crippen LogP contribution >= 0.6 is 0 Å². The van der Waals surface area contributed by atoms with Gasteiger partial charge in [0.05, 0.1) is 22.3 Å². The van der Waals surface area contributed by atoms with Gasteiger partial charge >= 0.3 is 0 Å². The number of hydrogen-bond donors (Lipinski definition) is 3. The van der Waals surface area contributed by atoms with Crippen LogP contribution in [0.25, 0.3) is 10.9 Å². The van der Waals surface area contributed by atoms with Gasteiger partial charge < -0.3 is 5.32 Å². The molecule has 1 aromatic heterocycles. The monoisotopic (exact) mass is 489 g/mol. The fraction of sp³-hybridized carbons (Fsp3) is 0.296. The number of aromatic amines is 1. The highest BCUT2D eigenvalue weighted by Crippen LogP contribution is 2.25. The lowest BCUT2D eigenvalue weighted by Crippen LogP contribution is -2.41. The molecule has 1 saturated heterocycles. The number of aromatic nitrogens is 2. The molecule has 1 fully saturated rings. The molecule has 35 heavy (non-hydrogen) atoms. The zero-order chi connectivity index (χ0) is 24.4. The SMILES string of the molecule is Cc1ccc(S(=O)(=O)Nc2cc(CN3CCCC(Nc4ccc5[nH]ncc5c4)C3)ccc2C)cc1. The summed E-state index contributed by atoms with van der Waals surface area (Å²) >= 11 is 0. The van der Waals surface area contributed by atoms with Gasteiger partial charge in [-0.3, -0.25) is 14.7 Å². The third kappa shape index (κ3) is 5.49. The van der Waals surface area contributed by atoms with Crippen molar-refractivity contribution in [1.82, 2.24) is 15.1 Å². The molecule has 4 aromatic rings. The Morgan fingerprint density at radius 3 is 2.71 bits per heavy atom. The van der Waals surface area contributed by atoms with Crippen LogP contribution in [0.5, 0.6) is 0 Å². The van der Waals surface area contributed by atoms with Gasteiger partial charge in [-0.2, -0.15) is 5.10 Å². The highest BCUT2D eigenvalue weighted by molar-refractivity contribution is 7.92. The third-order valence-electron chi connectivity index (χ3n) is 6.60. The normalized spacial score (nSPS) is 16.9. The van der Waals surface area contributed by atoms with Crippen LogP contribution in [0.2, 0.25) is 0 Å². The summed E-state index contributed by atoms with van der Waals surface area (Å²) in [4.78, 5) is 2.70. The van der Waals surface area contributed by atoms with E-state index in [-0.39, 0.29) is 4.90 Å². The van der Waals surface area contributed by atoms with E-state index in [2.05, 4.69) is 49.4 Å². The van der Waals surface area contributed by atoms with E-state index in [0.717, 1.165) is 65.8 Å². The van der Waals surface area contributed by atoms with E-state index in [0.29, 0.717) is 11.7 Å². The molecule has 3 N–H and O–H groups in total. The zero-order valence-electron chi connectivity index (χ0n) is 20.1. The second kappa shape index (κ2) is 9.71. The number of H-pyrrole nitrogens is 1. The van der Waals surface area contributed by atoms with E-state index in [9.17, 15) is 8.42 Å². The lowest BCUT2D eigenvalue weighted by molar-refractivity contribution is 0.208. The third-order valence-corrected chi connectivity index (χ3v) is 7.98. The number of hydrogen-bond acceptors (Lipinski definition) is 5. The van der Waals surface area contributed by atoms with Crippen molar-refractivity contribution in [3.8, 4) is 0 Å². The van der Waals surface area contributed by atoms with Crippen LogP contribution in [0.15, 0.2) is 71.8 Å². The van der Waals surface area contributed by atoms with Gasteiger partial charge in [-0.25, -0.2) is 8.42 Å². The average Bonchev–Trinajstić information content (AvgIpc) is 3.30. The summed E-state index contributed by atoms with van der Waals surface area (Å²) < 4.78 is 28.6. The number of rotatable bonds is 7. The van der Waals surface area contributed by atoms with E-state index in [1.54, 1.807) is 12.1 Å². The molecule has 3 aromatic carbocycles. The lowest BCUT2D eigenvalue weighted by atomic mass is 10.0. The number of likely N-dealkylation sites (tertiary alicyclic amines) is 1. The fourth-order valence-corrected chi connectivity index (χ4v) is 5.76. The van der Waals surface area contributed by atoms with Crippen molar-refractivity contribution in [2.45, 2.75) is 44.2 Å². The molecule has 1 aliphatic rings. The number of anilines is 2. The molecular formula is C27H31N5O2S. The molecule has 0 bridgehead atoms. The van der Waals surface area contributed by atoms with Gasteiger partial charge in [-0.1, -0.05) is 29.8 Å². The van der Waals surface area contributed by atoms with E-state index in [1.165, 1.54) is 0 Å². The highest BCUT2D eigenvalue weighted by atomic mass is 32.2. The van der Waals surface area contributed by atoms with Crippen LogP contribution < -0.4 is 10.0 Å². The molecule has 0 spiro atoms. The number of aryl methyl sites for hydroxylation is 2. The second-order valence-corrected chi connectivity index (χ2v) is 11.1. The van der Waals surface area contributed by atoms with E-state index >= 15 is 0 Å². The number of nitrogens with zero attached hydrogens (tertiary/aromatic N) is 2. The topological polar surface area (TPSA) is 90.1 Å². The number of benzene rings is 3. The van der Waals surface area contributed by atoms with E-state index < -0.39 is 10.0 Å². The molecule has 7 nitrogen and oxygen atoms in total. The van der Waals surface area contributed by atoms with Gasteiger partial charge in [0, 0.05) is 30.2 Å². The summed E-state index contributed by atoms with van der Waals surface area (Å²) in [5.41, 5.74) is 5.79. The van der Waals surface area contributed by atoms with Gasteiger partial charge in [0.2, 0.25) is 0 Å². The maximum Gasteiger partial charge on any atom is 0.261 e. The molecular weight excluding hydrogens is 458 g/mol. The molecule has 1 aliphatic heterocycles. The van der Waals surface area contributed by atoms with Crippen LogP contribution in [0, 0.1) is 13.8 Å². The Morgan fingerprint density at radius 1 is 1.06 bits per heavy atom. The van der Waals surface area contributed by atoms with Crippen molar-refractivity contribution in [1.29, 1.82) is 0 Å². The second-order valence-electron chi connectivity index (χ2n) is 9.46. The summed E-state index contributed by atoms with van der Waals surface area (Å²) in [6, 6.07) is 19.6. The van der Waals surface area contributed by atoms with Crippen LogP contribution in [0.1, 0.15) is 29.5 Å². The lowest BCUT2D eigenvalue weighted by Gasteiger charge is -2.34. The van der Waals surface area contributed by atoms with Gasteiger partial charge in [-0.15, -0.1) is 0 Å². The zero-order valence-corrected chi connectivity index (χ0v) is 20.9. The maximum atomic E-state index is 12.9. The predicted octanol–water partition coefficient (Wildman–Crippen LogP) is 5.06. The number of fused-ring (bicyclic) bond motifs is 1. The van der Waals surface area contributed by atoms with Crippen molar-refractivity contribution in [3.63, 3.8) is 0 Å². The molecule has 0 amide bonds. The molecule has 0 saturated carbocycles. The summed E-state index contributed by atoms with van der Waals surface area (Å²) in [7, 11) is -3.64. The van der Waals surface area contributed by atoms with Crippen molar-refractivity contribution in [2.24, 2.45) is 0 Å². The highest BCUT2D eigenvalue weighted by Gasteiger charge is 2.21. The van der Waals surface area contributed by atoms with E-state index in [4.69, 9.17) is 0 Å². The van der Waals surface area contributed by atoms with Crippen molar-refractivity contribution < 1.29 is 8.42 Å². The Kier molecular flexibility index (Phi) is 6.49. The summed E-state index contributed by atoms with van der Waals surface area (Å²) in [5.74, 6) is 0. The number of piperidine rings is 1. The molecule has 5 rings (SSSR count). The van der Waals surface area contributed by atoms with Gasteiger partial charge in [0.25, 0.3) is 10.0 Å². The largest absolute Gasteiger partial charge is 0.381 e. The minimum Gasteiger partial charge on any atom is -0.381 e. The van der Waals surface area contributed by atoms with Crippen molar-refractivity contribution in [2.75, 3.05) is 23.1 Å². The minimum absolute atomic E-state index is 0.270. The quantitative estimate of drug-likeness (QED) is 0.338. The molecule has 182 valence electrons. The Balaban J connectivity index is 1.25. The fourth-order valence-electron chi connectivity index (χ4n) is 4.64. The first-order valence-corrected chi connectivity index (χ1v) is 13.5. The van der Waals surface area contributed by atoms with Gasteiger partial charge in [0.15, 0.2) is 0 Å². The summed E-state index contributed by atoms with van der Waals surface area (Å²) in [6.45, 7) is 6.60. The van der Waals surface area contributed by atoms with Crippen molar-refractivity contribution in [3.05, 3.63) is 83.6 Å². The van der Waals surface area contributed by atoms with Gasteiger partial charge in [0.1, 0.15) is 0 Å². The standard InChI is InChI=1S/C27H31N5O2S/c1-19-5-10-25(11-6-19)35(33,34)31-27-14-21(8-7-20(27)2)17-32-13-3-4-24(18-32)29-23-9-12-26-22(15-23)16-28-30-26/h5-12,14-16,24,29,31H,3-4,13,17-18H2,1-2H3,(H,28,30). The minimum atomic E-state index is -3.64. The van der Waals surface area contributed by atoms with Crippen LogP contribution in [0.4, 0.5) is 11.4 Å². The number of sulfonamides is 1.